The fraction of sp³-hybridized carbons (Fsp3) is 0.353. The molecule has 1 aliphatic heterocycles. The van der Waals surface area contributed by atoms with E-state index in [1.807, 2.05) is 37.3 Å². The molecule has 0 radical (unpaired) electrons. The summed E-state index contributed by atoms with van der Waals surface area (Å²) in [7, 11) is 1.61. The lowest BCUT2D eigenvalue weighted by Gasteiger charge is -2.21. The Morgan fingerprint density at radius 2 is 2.00 bits per heavy atom. The second-order valence-corrected chi connectivity index (χ2v) is 7.00. The predicted molar refractivity (Wildman–Crippen MR) is 91.0 cm³/mol. The maximum atomic E-state index is 12.8. The van der Waals surface area contributed by atoms with Crippen LogP contribution in [0.3, 0.4) is 0 Å². The van der Waals surface area contributed by atoms with Crippen LogP contribution in [0.5, 0.6) is 5.75 Å². The number of imide groups is 1. The number of aromatic nitrogens is 1. The second kappa shape index (κ2) is 6.24. The van der Waals surface area contributed by atoms with Crippen LogP contribution in [0.25, 0.3) is 0 Å². The number of nitrogens with zero attached hydrogens (tertiary/aromatic N) is 2. The minimum atomic E-state index is -0.939. The molecule has 2 aromatic rings. The molecule has 24 heavy (non-hydrogen) atoms. The summed E-state index contributed by atoms with van der Waals surface area (Å²) in [5, 5.41) is 2.82. The van der Waals surface area contributed by atoms with Gasteiger partial charge in [0.05, 0.1) is 19.3 Å². The standard InChI is InChI=1S/C17H19N3O3S/c1-11-8-14(24-19-11)10-20-15(21)17(2,18-16(20)22)9-12-4-6-13(23-3)7-5-12/h4-8H,9-10H2,1-3H3,(H,18,22). The van der Waals surface area contributed by atoms with Gasteiger partial charge in [-0.05, 0) is 49.1 Å². The number of amides is 3. The Labute approximate surface area is 144 Å². The van der Waals surface area contributed by atoms with Gasteiger partial charge in [0.2, 0.25) is 0 Å². The third kappa shape index (κ3) is 3.12. The molecular weight excluding hydrogens is 326 g/mol. The number of ether oxygens (including phenoxy) is 1. The molecule has 0 saturated carbocycles. The topological polar surface area (TPSA) is 71.5 Å². The summed E-state index contributed by atoms with van der Waals surface area (Å²) in [6, 6.07) is 9.03. The quantitative estimate of drug-likeness (QED) is 0.845. The van der Waals surface area contributed by atoms with Crippen molar-refractivity contribution in [2.45, 2.75) is 32.4 Å². The Kier molecular flexibility index (Phi) is 4.28. The second-order valence-electron chi connectivity index (χ2n) is 6.11. The number of aryl methyl sites for hydroxylation is 1. The molecule has 1 fully saturated rings. The van der Waals surface area contributed by atoms with E-state index >= 15 is 0 Å². The molecular formula is C17H19N3O3S. The molecule has 2 heterocycles. The minimum absolute atomic E-state index is 0.214. The van der Waals surface area contributed by atoms with E-state index in [1.165, 1.54) is 16.4 Å². The summed E-state index contributed by atoms with van der Waals surface area (Å²) >= 11 is 1.31. The van der Waals surface area contributed by atoms with Crippen molar-refractivity contribution in [1.29, 1.82) is 0 Å². The zero-order valence-corrected chi connectivity index (χ0v) is 14.6. The van der Waals surface area contributed by atoms with Crippen molar-refractivity contribution in [3.63, 3.8) is 0 Å². The van der Waals surface area contributed by atoms with Crippen LogP contribution in [0.15, 0.2) is 30.3 Å². The Balaban J connectivity index is 1.75. The van der Waals surface area contributed by atoms with Gasteiger partial charge in [-0.1, -0.05) is 12.1 Å². The number of carbonyl (C=O) groups excluding carboxylic acids is 2. The maximum absolute atomic E-state index is 12.8. The Bertz CT molecular complexity index is 772. The van der Waals surface area contributed by atoms with Crippen LogP contribution in [0.1, 0.15) is 23.1 Å². The summed E-state index contributed by atoms with van der Waals surface area (Å²) in [5.74, 6) is 0.544. The number of rotatable bonds is 5. The van der Waals surface area contributed by atoms with Gasteiger partial charge in [0.1, 0.15) is 11.3 Å². The third-order valence-corrected chi connectivity index (χ3v) is 4.91. The van der Waals surface area contributed by atoms with Crippen LogP contribution >= 0.6 is 11.5 Å². The van der Waals surface area contributed by atoms with Gasteiger partial charge in [0.15, 0.2) is 0 Å². The van der Waals surface area contributed by atoms with Crippen LogP contribution in [-0.2, 0) is 17.8 Å². The number of hydrogen-bond acceptors (Lipinski definition) is 5. The van der Waals surface area contributed by atoms with Crippen LogP contribution in [-0.4, -0.2) is 33.9 Å². The first-order valence-electron chi connectivity index (χ1n) is 7.60. The largest absolute Gasteiger partial charge is 0.497 e. The summed E-state index contributed by atoms with van der Waals surface area (Å²) in [6.07, 6.45) is 0.430. The molecule has 6 nitrogen and oxygen atoms in total. The van der Waals surface area contributed by atoms with Gasteiger partial charge < -0.3 is 10.1 Å². The van der Waals surface area contributed by atoms with Gasteiger partial charge >= 0.3 is 6.03 Å². The van der Waals surface area contributed by atoms with E-state index in [-0.39, 0.29) is 18.5 Å². The molecule has 1 aromatic heterocycles. The van der Waals surface area contributed by atoms with Crippen molar-refractivity contribution in [3.8, 4) is 5.75 Å². The van der Waals surface area contributed by atoms with Gasteiger partial charge in [-0.25, -0.2) is 4.79 Å². The van der Waals surface area contributed by atoms with Crippen LogP contribution in [0.2, 0.25) is 0 Å². The first-order valence-corrected chi connectivity index (χ1v) is 8.38. The van der Waals surface area contributed by atoms with Crippen LogP contribution in [0.4, 0.5) is 4.79 Å². The molecule has 1 aliphatic rings. The van der Waals surface area contributed by atoms with Crippen molar-refractivity contribution >= 4 is 23.5 Å². The highest BCUT2D eigenvalue weighted by molar-refractivity contribution is 7.05. The smallest absolute Gasteiger partial charge is 0.325 e. The van der Waals surface area contributed by atoms with Crippen molar-refractivity contribution in [1.82, 2.24) is 14.6 Å². The monoisotopic (exact) mass is 345 g/mol. The van der Waals surface area contributed by atoms with Gasteiger partial charge in [0, 0.05) is 11.3 Å². The van der Waals surface area contributed by atoms with Gasteiger partial charge in [-0.2, -0.15) is 4.37 Å². The number of methoxy groups -OCH3 is 1. The minimum Gasteiger partial charge on any atom is -0.497 e. The molecule has 0 aliphatic carbocycles. The SMILES string of the molecule is COc1ccc(CC2(C)NC(=O)N(Cc3cc(C)ns3)C2=O)cc1. The van der Waals surface area contributed by atoms with E-state index in [4.69, 9.17) is 4.74 Å². The first kappa shape index (κ1) is 16.4. The Hall–Kier alpha value is -2.41. The zero-order valence-electron chi connectivity index (χ0n) is 13.8. The fourth-order valence-electron chi connectivity index (χ4n) is 2.81. The van der Waals surface area contributed by atoms with Crippen molar-refractivity contribution < 1.29 is 14.3 Å². The van der Waals surface area contributed by atoms with Crippen molar-refractivity contribution in [2.75, 3.05) is 7.11 Å². The summed E-state index contributed by atoms with van der Waals surface area (Å²) in [4.78, 5) is 27.2. The maximum Gasteiger partial charge on any atom is 0.325 e. The lowest BCUT2D eigenvalue weighted by Crippen LogP contribution is -2.45. The summed E-state index contributed by atoms with van der Waals surface area (Å²) < 4.78 is 9.33. The highest BCUT2D eigenvalue weighted by Gasteiger charge is 2.47. The van der Waals surface area contributed by atoms with E-state index in [2.05, 4.69) is 9.69 Å². The average molecular weight is 345 g/mol. The molecule has 0 bridgehead atoms. The van der Waals surface area contributed by atoms with Gasteiger partial charge in [0.25, 0.3) is 5.91 Å². The van der Waals surface area contributed by atoms with E-state index in [0.29, 0.717) is 6.42 Å². The highest BCUT2D eigenvalue weighted by atomic mass is 32.1. The summed E-state index contributed by atoms with van der Waals surface area (Å²) in [5.41, 5.74) is 0.913. The molecule has 7 heteroatoms. The summed E-state index contributed by atoms with van der Waals surface area (Å²) in [6.45, 7) is 3.91. The number of benzene rings is 1. The van der Waals surface area contributed by atoms with Gasteiger partial charge in [-0.3, -0.25) is 9.69 Å². The molecule has 3 rings (SSSR count). The molecule has 1 saturated heterocycles. The molecule has 1 atom stereocenters. The number of carbonyl (C=O) groups is 2. The Morgan fingerprint density at radius 3 is 2.58 bits per heavy atom. The van der Waals surface area contributed by atoms with E-state index < -0.39 is 5.54 Å². The molecule has 126 valence electrons. The normalized spacial score (nSPS) is 20.4. The van der Waals surface area contributed by atoms with Crippen LogP contribution in [0, 0.1) is 6.92 Å². The van der Waals surface area contributed by atoms with Crippen molar-refractivity contribution in [2.24, 2.45) is 0 Å². The van der Waals surface area contributed by atoms with Crippen molar-refractivity contribution in [3.05, 3.63) is 46.5 Å². The molecule has 1 aromatic carbocycles. The fourth-order valence-corrected chi connectivity index (χ4v) is 3.53. The number of urea groups is 1. The number of hydrogen-bond donors (Lipinski definition) is 1. The van der Waals surface area contributed by atoms with Crippen LogP contribution < -0.4 is 10.1 Å². The van der Waals surface area contributed by atoms with Gasteiger partial charge in [-0.15, -0.1) is 0 Å². The average Bonchev–Trinajstić information content (AvgIpc) is 3.05. The lowest BCUT2D eigenvalue weighted by molar-refractivity contribution is -0.131. The van der Waals surface area contributed by atoms with E-state index in [0.717, 1.165) is 21.9 Å². The lowest BCUT2D eigenvalue weighted by atomic mass is 9.93. The zero-order chi connectivity index (χ0) is 17.3. The van der Waals surface area contributed by atoms with E-state index in [9.17, 15) is 9.59 Å². The van der Waals surface area contributed by atoms with E-state index in [1.54, 1.807) is 14.0 Å². The predicted octanol–water partition coefficient (Wildman–Crippen LogP) is 2.51. The molecule has 1 N–H and O–H groups in total. The first-order chi connectivity index (χ1) is 11.4. The number of nitrogens with one attached hydrogen (secondary N) is 1. The Morgan fingerprint density at radius 1 is 1.29 bits per heavy atom. The third-order valence-electron chi connectivity index (χ3n) is 4.05. The molecule has 3 amide bonds. The molecule has 1 unspecified atom stereocenters. The molecule has 0 spiro atoms. The highest BCUT2D eigenvalue weighted by Crippen LogP contribution is 2.25.